The van der Waals surface area contributed by atoms with Gasteiger partial charge in [0.2, 0.25) is 5.91 Å². The second kappa shape index (κ2) is 8.92. The Morgan fingerprint density at radius 2 is 2.20 bits per heavy atom. The number of benzene rings is 1. The zero-order valence-corrected chi connectivity index (χ0v) is 15.6. The van der Waals surface area contributed by atoms with Crippen molar-refractivity contribution < 1.29 is 13.7 Å². The van der Waals surface area contributed by atoms with E-state index in [0.29, 0.717) is 30.1 Å². The van der Waals surface area contributed by atoms with Crippen LogP contribution in [0.4, 0.5) is 5.69 Å². The van der Waals surface area contributed by atoms with Crippen LogP contribution in [-0.2, 0) is 26.1 Å². The monoisotopic (exact) mass is 364 g/mol. The number of carbonyl (C=O) groups excluding carboxylic acids is 1. The zero-order chi connectivity index (χ0) is 17.6. The maximum atomic E-state index is 12.6. The highest BCUT2D eigenvalue weighted by Crippen LogP contribution is 2.33. The maximum absolute atomic E-state index is 12.6. The molecule has 0 aromatic heterocycles. The molecule has 1 aromatic carbocycles. The second-order valence-electron chi connectivity index (χ2n) is 7.08. The van der Waals surface area contributed by atoms with Crippen molar-refractivity contribution in [3.05, 3.63) is 29.8 Å². The molecule has 0 spiro atoms. The molecule has 3 rings (SSSR count). The molecule has 138 valence electrons. The largest absolute Gasteiger partial charge is 0.384 e. The Hall–Kier alpha value is -1.24. The number of rotatable bonds is 7. The summed E-state index contributed by atoms with van der Waals surface area (Å²) in [6, 6.07) is 8.08. The summed E-state index contributed by atoms with van der Waals surface area (Å²) in [5, 5.41) is 6.53. The lowest BCUT2D eigenvalue weighted by atomic mass is 9.85. The van der Waals surface area contributed by atoms with Gasteiger partial charge in [-0.25, -0.2) is 0 Å². The molecule has 1 aliphatic carbocycles. The Morgan fingerprint density at radius 1 is 1.36 bits per heavy atom. The van der Waals surface area contributed by atoms with Crippen LogP contribution in [0, 0.1) is 5.92 Å². The molecule has 1 aromatic rings. The van der Waals surface area contributed by atoms with Crippen molar-refractivity contribution in [3.8, 4) is 0 Å². The lowest BCUT2D eigenvalue weighted by molar-refractivity contribution is -0.117. The summed E-state index contributed by atoms with van der Waals surface area (Å²) >= 11 is 0. The number of carbonyl (C=O) groups is 1. The minimum atomic E-state index is -0.949. The molecule has 2 aliphatic rings. The number of methoxy groups -OCH3 is 1. The number of nitrogens with one attached hydrogen (secondary N) is 2. The summed E-state index contributed by atoms with van der Waals surface area (Å²) in [5.41, 5.74) is 1.75. The van der Waals surface area contributed by atoms with Gasteiger partial charge in [-0.15, -0.1) is 0 Å². The number of fused-ring (bicyclic) bond motifs is 1. The highest BCUT2D eigenvalue weighted by Gasteiger charge is 2.38. The van der Waals surface area contributed by atoms with E-state index in [2.05, 4.69) is 10.6 Å². The molecule has 2 N–H and O–H groups in total. The van der Waals surface area contributed by atoms with Crippen molar-refractivity contribution >= 4 is 22.4 Å². The van der Waals surface area contributed by atoms with Gasteiger partial charge in [-0.05, 0) is 42.9 Å². The molecule has 1 aliphatic heterocycles. The van der Waals surface area contributed by atoms with Gasteiger partial charge in [-0.1, -0.05) is 25.0 Å². The van der Waals surface area contributed by atoms with Crippen molar-refractivity contribution in [2.45, 2.75) is 49.9 Å². The molecule has 1 amide bonds. The van der Waals surface area contributed by atoms with Crippen LogP contribution in [0.25, 0.3) is 0 Å². The van der Waals surface area contributed by atoms with Crippen LogP contribution in [0.5, 0.6) is 0 Å². The first kappa shape index (κ1) is 18.5. The fourth-order valence-electron chi connectivity index (χ4n) is 3.92. The van der Waals surface area contributed by atoms with E-state index in [1.54, 1.807) is 7.11 Å². The first-order valence-electron chi connectivity index (χ1n) is 9.15. The highest BCUT2D eigenvalue weighted by molar-refractivity contribution is 7.84. The minimum Gasteiger partial charge on any atom is -0.384 e. The van der Waals surface area contributed by atoms with Gasteiger partial charge in [-0.3, -0.25) is 9.00 Å². The smallest absolute Gasteiger partial charge is 0.241 e. The fourth-order valence-corrected chi connectivity index (χ4v) is 4.97. The molecule has 6 heteroatoms. The minimum absolute atomic E-state index is 0.0482. The summed E-state index contributed by atoms with van der Waals surface area (Å²) in [4.78, 5) is 12.6. The van der Waals surface area contributed by atoms with Gasteiger partial charge in [-0.2, -0.15) is 0 Å². The predicted octanol–water partition coefficient (Wildman–Crippen LogP) is 2.44. The first-order valence-corrected chi connectivity index (χ1v) is 10.6. The van der Waals surface area contributed by atoms with Crippen molar-refractivity contribution in [2.75, 3.05) is 24.8 Å². The Labute approximate surface area is 152 Å². The van der Waals surface area contributed by atoms with E-state index >= 15 is 0 Å². The first-order chi connectivity index (χ1) is 12.2. The van der Waals surface area contributed by atoms with Gasteiger partial charge >= 0.3 is 0 Å². The van der Waals surface area contributed by atoms with Crippen molar-refractivity contribution in [2.24, 2.45) is 5.92 Å². The summed E-state index contributed by atoms with van der Waals surface area (Å²) in [6.07, 6.45) is 5.93. The van der Waals surface area contributed by atoms with Gasteiger partial charge in [0.25, 0.3) is 0 Å². The lowest BCUT2D eigenvalue weighted by Crippen LogP contribution is -2.39. The molecule has 4 atom stereocenters. The van der Waals surface area contributed by atoms with E-state index in [0.717, 1.165) is 17.7 Å². The molecule has 2 fully saturated rings. The van der Waals surface area contributed by atoms with Crippen molar-refractivity contribution in [1.29, 1.82) is 0 Å². The van der Waals surface area contributed by atoms with Gasteiger partial charge in [0, 0.05) is 41.1 Å². The Balaban J connectivity index is 1.54. The Bertz CT molecular complexity index is 608. The molecular weight excluding hydrogens is 336 g/mol. The van der Waals surface area contributed by atoms with Crippen LogP contribution in [-0.4, -0.2) is 41.7 Å². The molecule has 4 unspecified atom stereocenters. The van der Waals surface area contributed by atoms with Gasteiger partial charge < -0.3 is 15.4 Å². The van der Waals surface area contributed by atoms with Crippen LogP contribution in [0.2, 0.25) is 0 Å². The van der Waals surface area contributed by atoms with Crippen LogP contribution in [0.15, 0.2) is 24.3 Å². The Morgan fingerprint density at radius 3 is 3.00 bits per heavy atom. The van der Waals surface area contributed by atoms with Gasteiger partial charge in [0.15, 0.2) is 0 Å². The third kappa shape index (κ3) is 5.12. The molecule has 25 heavy (non-hydrogen) atoms. The summed E-state index contributed by atoms with van der Waals surface area (Å²) in [5.74, 6) is 1.71. The van der Waals surface area contributed by atoms with E-state index in [4.69, 9.17) is 4.74 Å². The molecular formula is C19H28N2O3S. The van der Waals surface area contributed by atoms with Crippen LogP contribution >= 0.6 is 0 Å². The molecule has 1 saturated carbocycles. The fraction of sp³-hybridized carbons (Fsp3) is 0.632. The average molecular weight is 365 g/mol. The number of amides is 1. The van der Waals surface area contributed by atoms with Crippen LogP contribution < -0.4 is 10.6 Å². The Kier molecular flexibility index (Phi) is 6.62. The molecule has 5 nitrogen and oxygen atoms in total. The summed E-state index contributed by atoms with van der Waals surface area (Å²) in [6.45, 7) is 0.499. The predicted molar refractivity (Wildman–Crippen MR) is 101 cm³/mol. The molecule has 1 saturated heterocycles. The van der Waals surface area contributed by atoms with Crippen molar-refractivity contribution in [3.63, 3.8) is 0 Å². The molecule has 0 bridgehead atoms. The van der Waals surface area contributed by atoms with E-state index in [1.165, 1.54) is 25.7 Å². The van der Waals surface area contributed by atoms with Gasteiger partial charge in [0.05, 0.1) is 12.6 Å². The van der Waals surface area contributed by atoms with Gasteiger partial charge in [0.1, 0.15) is 0 Å². The second-order valence-corrected chi connectivity index (χ2v) is 8.65. The third-order valence-electron chi connectivity index (χ3n) is 5.22. The topological polar surface area (TPSA) is 67.4 Å². The normalized spacial score (nSPS) is 26.8. The average Bonchev–Trinajstić information content (AvgIpc) is 3.04. The van der Waals surface area contributed by atoms with Crippen LogP contribution in [0.3, 0.4) is 0 Å². The summed E-state index contributed by atoms with van der Waals surface area (Å²) < 4.78 is 17.0. The van der Waals surface area contributed by atoms with E-state index in [9.17, 15) is 9.00 Å². The van der Waals surface area contributed by atoms with E-state index < -0.39 is 10.8 Å². The quantitative estimate of drug-likeness (QED) is 0.780. The van der Waals surface area contributed by atoms with E-state index in [1.807, 2.05) is 24.3 Å². The van der Waals surface area contributed by atoms with E-state index in [-0.39, 0.29) is 11.9 Å². The highest BCUT2D eigenvalue weighted by atomic mass is 32.2. The SMILES string of the molecule is COCCS(=O)Cc1cccc(NC(=O)C2CC3CCCCC3N2)c1. The number of hydrogen-bond acceptors (Lipinski definition) is 4. The molecule has 0 radical (unpaired) electrons. The summed E-state index contributed by atoms with van der Waals surface area (Å²) in [7, 11) is 0.663. The maximum Gasteiger partial charge on any atom is 0.241 e. The zero-order valence-electron chi connectivity index (χ0n) is 14.8. The number of hydrogen-bond donors (Lipinski definition) is 2. The molecule has 1 heterocycles. The number of anilines is 1. The van der Waals surface area contributed by atoms with Crippen molar-refractivity contribution in [1.82, 2.24) is 5.32 Å². The number of ether oxygens (including phenoxy) is 1. The third-order valence-corrected chi connectivity index (χ3v) is 6.49. The standard InChI is InChI=1S/C19H28N2O3S/c1-24-9-10-25(23)13-14-5-4-7-16(11-14)20-19(22)18-12-15-6-2-3-8-17(15)21-18/h4-5,7,11,15,17-18,21H,2-3,6,8-10,12-13H2,1H3,(H,20,22). The van der Waals surface area contributed by atoms with Crippen LogP contribution in [0.1, 0.15) is 37.7 Å². The lowest BCUT2D eigenvalue weighted by Gasteiger charge is -2.24.